The molecule has 0 aromatic heterocycles. The Balaban J connectivity index is 3.75. The minimum Gasteiger partial charge on any atom is -0.463 e. The molecule has 0 rings (SSSR count). The number of carbonyl (C=O) groups is 2. The molecule has 0 aliphatic rings. The van der Waals surface area contributed by atoms with Crippen LogP contribution in [-0.4, -0.2) is 36.7 Å². The van der Waals surface area contributed by atoms with Crippen LogP contribution in [-0.2, 0) is 14.3 Å². The van der Waals surface area contributed by atoms with Crippen molar-refractivity contribution in [3.05, 3.63) is 0 Å². The number of ether oxygens (including phenoxy) is 1. The number of hydrogen-bond donors (Lipinski definition) is 2. The van der Waals surface area contributed by atoms with Gasteiger partial charge in [0, 0.05) is 7.05 Å². The fraction of sp³-hybridized carbons (Fsp3) is 0.800. The van der Waals surface area contributed by atoms with Crippen LogP contribution in [0.1, 0.15) is 26.7 Å². The molecule has 0 spiro atoms. The van der Waals surface area contributed by atoms with E-state index < -0.39 is 6.10 Å². The summed E-state index contributed by atoms with van der Waals surface area (Å²) < 4.78 is 4.83. The molecule has 2 N–H and O–H groups in total. The lowest BCUT2D eigenvalue weighted by atomic mass is 10.1. The lowest BCUT2D eigenvalue weighted by Crippen LogP contribution is -2.28. The van der Waals surface area contributed by atoms with Crippen molar-refractivity contribution in [1.82, 2.24) is 5.32 Å². The van der Waals surface area contributed by atoms with Crippen LogP contribution in [0.5, 0.6) is 0 Å². The monoisotopic (exact) mass is 217 g/mol. The quantitative estimate of drug-likeness (QED) is 0.617. The fourth-order valence-corrected chi connectivity index (χ4v) is 0.862. The highest BCUT2D eigenvalue weighted by atomic mass is 16.5. The molecule has 0 bridgehead atoms. The van der Waals surface area contributed by atoms with Crippen LogP contribution in [0.25, 0.3) is 0 Å². The van der Waals surface area contributed by atoms with Crippen molar-refractivity contribution < 1.29 is 19.4 Å². The lowest BCUT2D eigenvalue weighted by Gasteiger charge is -2.12. The van der Waals surface area contributed by atoms with Crippen molar-refractivity contribution in [1.29, 1.82) is 0 Å². The number of hydrogen-bond acceptors (Lipinski definition) is 4. The maximum Gasteiger partial charge on any atom is 0.308 e. The van der Waals surface area contributed by atoms with E-state index in [1.165, 1.54) is 7.05 Å². The number of nitrogens with one attached hydrogen (secondary N) is 1. The molecule has 0 saturated heterocycles. The third-order valence-electron chi connectivity index (χ3n) is 2.13. The standard InChI is InChI=1S/C10H19NO4/c1-4-7(2)10(14)15-6-8(12)5-9(13)11-3/h7-8,12H,4-6H2,1-3H3,(H,11,13). The summed E-state index contributed by atoms with van der Waals surface area (Å²) in [6, 6.07) is 0. The maximum atomic E-state index is 11.2. The van der Waals surface area contributed by atoms with Crippen LogP contribution in [0.15, 0.2) is 0 Å². The summed E-state index contributed by atoms with van der Waals surface area (Å²) >= 11 is 0. The Morgan fingerprint density at radius 1 is 1.47 bits per heavy atom. The van der Waals surface area contributed by atoms with Crippen molar-refractivity contribution >= 4 is 11.9 Å². The molecule has 0 aliphatic heterocycles. The average molecular weight is 217 g/mol. The van der Waals surface area contributed by atoms with Gasteiger partial charge in [0.2, 0.25) is 5.91 Å². The zero-order chi connectivity index (χ0) is 11.8. The number of carbonyl (C=O) groups excluding carboxylic acids is 2. The highest BCUT2D eigenvalue weighted by Gasteiger charge is 2.15. The Morgan fingerprint density at radius 3 is 2.53 bits per heavy atom. The molecule has 0 aliphatic carbocycles. The Labute approximate surface area is 89.8 Å². The summed E-state index contributed by atoms with van der Waals surface area (Å²) in [5.41, 5.74) is 0. The summed E-state index contributed by atoms with van der Waals surface area (Å²) in [7, 11) is 1.49. The predicted molar refractivity (Wildman–Crippen MR) is 55.1 cm³/mol. The Hall–Kier alpha value is -1.10. The van der Waals surface area contributed by atoms with E-state index in [0.717, 1.165) is 0 Å². The second-order valence-electron chi connectivity index (χ2n) is 3.47. The zero-order valence-electron chi connectivity index (χ0n) is 9.45. The summed E-state index contributed by atoms with van der Waals surface area (Å²) in [5.74, 6) is -0.784. The van der Waals surface area contributed by atoms with Crippen LogP contribution in [0.3, 0.4) is 0 Å². The summed E-state index contributed by atoms with van der Waals surface area (Å²) in [5, 5.41) is 11.7. The molecule has 5 heteroatoms. The average Bonchev–Trinajstić information content (AvgIpc) is 2.24. The van der Waals surface area contributed by atoms with Gasteiger partial charge < -0.3 is 15.2 Å². The smallest absolute Gasteiger partial charge is 0.308 e. The van der Waals surface area contributed by atoms with Crippen LogP contribution >= 0.6 is 0 Å². The largest absolute Gasteiger partial charge is 0.463 e. The number of rotatable bonds is 6. The van der Waals surface area contributed by atoms with Crippen LogP contribution < -0.4 is 5.32 Å². The third kappa shape index (κ3) is 6.06. The van der Waals surface area contributed by atoms with Gasteiger partial charge in [-0.2, -0.15) is 0 Å². The van der Waals surface area contributed by atoms with E-state index in [2.05, 4.69) is 5.32 Å². The molecule has 0 fully saturated rings. The minimum atomic E-state index is -0.932. The first-order valence-corrected chi connectivity index (χ1v) is 5.06. The van der Waals surface area contributed by atoms with Gasteiger partial charge in [0.05, 0.1) is 18.4 Å². The molecule has 0 aromatic rings. The second-order valence-corrected chi connectivity index (χ2v) is 3.47. The highest BCUT2D eigenvalue weighted by Crippen LogP contribution is 2.04. The van der Waals surface area contributed by atoms with Gasteiger partial charge in [0.1, 0.15) is 6.61 Å². The normalized spacial score (nSPS) is 14.1. The van der Waals surface area contributed by atoms with Crippen molar-refractivity contribution in [2.24, 2.45) is 5.92 Å². The van der Waals surface area contributed by atoms with Crippen molar-refractivity contribution in [2.75, 3.05) is 13.7 Å². The number of amides is 1. The SMILES string of the molecule is CCC(C)C(=O)OCC(O)CC(=O)NC. The van der Waals surface area contributed by atoms with Gasteiger partial charge in [-0.25, -0.2) is 0 Å². The van der Waals surface area contributed by atoms with E-state index in [9.17, 15) is 14.7 Å². The lowest BCUT2D eigenvalue weighted by molar-refractivity contribution is -0.151. The van der Waals surface area contributed by atoms with E-state index in [-0.39, 0.29) is 30.8 Å². The molecule has 0 radical (unpaired) electrons. The third-order valence-corrected chi connectivity index (χ3v) is 2.13. The number of esters is 1. The first kappa shape index (κ1) is 13.9. The van der Waals surface area contributed by atoms with Gasteiger partial charge in [-0.1, -0.05) is 13.8 Å². The summed E-state index contributed by atoms with van der Waals surface area (Å²) in [6.07, 6.45) is -0.285. The zero-order valence-corrected chi connectivity index (χ0v) is 9.45. The summed E-state index contributed by atoms with van der Waals surface area (Å²) in [6.45, 7) is 3.51. The molecule has 5 nitrogen and oxygen atoms in total. The van der Waals surface area contributed by atoms with Gasteiger partial charge in [0.25, 0.3) is 0 Å². The molecule has 15 heavy (non-hydrogen) atoms. The number of aliphatic hydroxyl groups excluding tert-OH is 1. The van der Waals surface area contributed by atoms with Crippen molar-refractivity contribution in [2.45, 2.75) is 32.8 Å². The highest BCUT2D eigenvalue weighted by molar-refractivity contribution is 5.76. The van der Waals surface area contributed by atoms with Crippen LogP contribution in [0.4, 0.5) is 0 Å². The molecular formula is C10H19NO4. The first-order valence-electron chi connectivity index (χ1n) is 5.06. The molecule has 1 amide bonds. The van der Waals surface area contributed by atoms with Gasteiger partial charge in [-0.15, -0.1) is 0 Å². The molecule has 0 aromatic carbocycles. The van der Waals surface area contributed by atoms with E-state index in [1.54, 1.807) is 6.92 Å². The van der Waals surface area contributed by atoms with Crippen molar-refractivity contribution in [3.63, 3.8) is 0 Å². The Kier molecular flexibility index (Phi) is 6.70. The predicted octanol–water partition coefficient (Wildman–Crippen LogP) is 0.0727. The first-order chi connectivity index (χ1) is 7.01. The second kappa shape index (κ2) is 7.23. The van der Waals surface area contributed by atoms with E-state index >= 15 is 0 Å². The van der Waals surface area contributed by atoms with Gasteiger partial charge in [-0.3, -0.25) is 9.59 Å². The fourth-order valence-electron chi connectivity index (χ4n) is 0.862. The number of aliphatic hydroxyl groups is 1. The van der Waals surface area contributed by atoms with Crippen LogP contribution in [0.2, 0.25) is 0 Å². The van der Waals surface area contributed by atoms with Crippen LogP contribution in [0, 0.1) is 5.92 Å². The molecule has 2 atom stereocenters. The van der Waals surface area contributed by atoms with E-state index in [1.807, 2.05) is 6.92 Å². The van der Waals surface area contributed by atoms with Gasteiger partial charge in [0.15, 0.2) is 0 Å². The Bertz CT molecular complexity index is 217. The van der Waals surface area contributed by atoms with E-state index in [4.69, 9.17) is 4.74 Å². The van der Waals surface area contributed by atoms with Crippen molar-refractivity contribution in [3.8, 4) is 0 Å². The summed E-state index contributed by atoms with van der Waals surface area (Å²) in [4.78, 5) is 22.0. The molecular weight excluding hydrogens is 198 g/mol. The van der Waals surface area contributed by atoms with Gasteiger partial charge >= 0.3 is 5.97 Å². The minimum absolute atomic E-state index is 0.0513. The van der Waals surface area contributed by atoms with E-state index in [0.29, 0.717) is 6.42 Å². The Morgan fingerprint density at radius 2 is 2.07 bits per heavy atom. The topological polar surface area (TPSA) is 75.6 Å². The molecule has 0 heterocycles. The molecule has 88 valence electrons. The molecule has 0 saturated carbocycles. The molecule has 2 unspecified atom stereocenters. The van der Waals surface area contributed by atoms with Gasteiger partial charge in [-0.05, 0) is 6.42 Å². The maximum absolute atomic E-state index is 11.2.